The minimum Gasteiger partial charge on any atom is -0.313 e. The second-order valence-corrected chi connectivity index (χ2v) is 8.14. The summed E-state index contributed by atoms with van der Waals surface area (Å²) in [5, 5.41) is 5.18. The molecule has 4 atom stereocenters. The molecule has 2 saturated carbocycles. The molecule has 112 valence electrons. The highest BCUT2D eigenvalue weighted by Crippen LogP contribution is 2.50. The van der Waals surface area contributed by atoms with E-state index in [1.807, 2.05) is 11.3 Å². The number of hydrogen-bond donors (Lipinski definition) is 1. The maximum Gasteiger partial charge on any atom is 0.0946 e. The Kier molecular flexibility index (Phi) is 4.46. The molecule has 0 saturated heterocycles. The van der Waals surface area contributed by atoms with Gasteiger partial charge >= 0.3 is 0 Å². The van der Waals surface area contributed by atoms with Gasteiger partial charge in [0, 0.05) is 17.3 Å². The van der Waals surface area contributed by atoms with Gasteiger partial charge in [0.05, 0.1) is 10.7 Å². The number of nitrogens with zero attached hydrogens (tertiary/aromatic N) is 1. The molecule has 2 fully saturated rings. The van der Waals surface area contributed by atoms with Gasteiger partial charge in [-0.1, -0.05) is 13.3 Å². The summed E-state index contributed by atoms with van der Waals surface area (Å²) in [5.41, 5.74) is 1.23. The topological polar surface area (TPSA) is 24.9 Å². The van der Waals surface area contributed by atoms with Crippen LogP contribution in [0.2, 0.25) is 0 Å². The number of nitrogens with one attached hydrogen (secondary N) is 1. The molecule has 2 aliphatic carbocycles. The molecule has 4 unspecified atom stereocenters. The van der Waals surface area contributed by atoms with Gasteiger partial charge in [0.25, 0.3) is 0 Å². The van der Waals surface area contributed by atoms with E-state index < -0.39 is 0 Å². The molecule has 1 aromatic heterocycles. The lowest BCUT2D eigenvalue weighted by molar-refractivity contribution is 0.246. The highest BCUT2D eigenvalue weighted by Gasteiger charge is 2.42. The standard InChI is InChI=1S/C17H28N2S/c1-4-7-18-16(10-17-19-11(2)12(3)20-17)15-9-13-5-6-14(15)8-13/h13-16,18H,4-10H2,1-3H3. The van der Waals surface area contributed by atoms with E-state index in [1.54, 1.807) is 0 Å². The van der Waals surface area contributed by atoms with E-state index in [0.717, 1.165) is 30.7 Å². The Labute approximate surface area is 127 Å². The Morgan fingerprint density at radius 3 is 2.70 bits per heavy atom. The third kappa shape index (κ3) is 2.94. The van der Waals surface area contributed by atoms with Crippen molar-refractivity contribution in [1.29, 1.82) is 0 Å². The molecular weight excluding hydrogens is 264 g/mol. The van der Waals surface area contributed by atoms with Crippen molar-refractivity contribution in [3.05, 3.63) is 15.6 Å². The number of thiazole rings is 1. The van der Waals surface area contributed by atoms with Crippen LogP contribution in [0.15, 0.2) is 0 Å². The number of aryl methyl sites for hydroxylation is 2. The highest BCUT2D eigenvalue weighted by molar-refractivity contribution is 7.11. The van der Waals surface area contributed by atoms with Crippen LogP contribution in [0.5, 0.6) is 0 Å². The summed E-state index contributed by atoms with van der Waals surface area (Å²) in [6, 6.07) is 0.662. The Hall–Kier alpha value is -0.410. The zero-order valence-corrected chi connectivity index (χ0v) is 13.9. The maximum absolute atomic E-state index is 4.77. The molecule has 2 bridgehead atoms. The van der Waals surface area contributed by atoms with Crippen molar-refractivity contribution in [1.82, 2.24) is 10.3 Å². The monoisotopic (exact) mass is 292 g/mol. The molecule has 3 heteroatoms. The Morgan fingerprint density at radius 2 is 2.15 bits per heavy atom. The van der Waals surface area contributed by atoms with E-state index in [9.17, 15) is 0 Å². The molecule has 1 aromatic rings. The normalized spacial score (nSPS) is 30.1. The lowest BCUT2D eigenvalue weighted by atomic mass is 9.82. The first-order valence-corrected chi connectivity index (χ1v) is 9.15. The van der Waals surface area contributed by atoms with Crippen molar-refractivity contribution < 1.29 is 0 Å². The largest absolute Gasteiger partial charge is 0.313 e. The van der Waals surface area contributed by atoms with Gasteiger partial charge in [0.2, 0.25) is 0 Å². The first kappa shape index (κ1) is 14.5. The van der Waals surface area contributed by atoms with E-state index in [0.29, 0.717) is 6.04 Å². The summed E-state index contributed by atoms with van der Waals surface area (Å²) in [5.74, 6) is 2.94. The minimum atomic E-state index is 0.662. The second kappa shape index (κ2) is 6.15. The summed E-state index contributed by atoms with van der Waals surface area (Å²) in [6.45, 7) is 7.76. The van der Waals surface area contributed by atoms with Crippen molar-refractivity contribution >= 4 is 11.3 Å². The van der Waals surface area contributed by atoms with Gasteiger partial charge in [0.15, 0.2) is 0 Å². The highest BCUT2D eigenvalue weighted by atomic mass is 32.1. The molecule has 1 heterocycles. The van der Waals surface area contributed by atoms with Gasteiger partial charge in [-0.25, -0.2) is 4.98 Å². The SMILES string of the molecule is CCCNC(Cc1nc(C)c(C)s1)C1CC2CCC1C2. The molecular formula is C17H28N2S. The van der Waals surface area contributed by atoms with Crippen molar-refractivity contribution in [2.45, 2.75) is 65.3 Å². The predicted molar refractivity (Wildman–Crippen MR) is 86.3 cm³/mol. The lowest BCUT2D eigenvalue weighted by Gasteiger charge is -2.31. The molecule has 0 radical (unpaired) electrons. The molecule has 0 aliphatic heterocycles. The summed E-state index contributed by atoms with van der Waals surface area (Å²) >= 11 is 1.90. The molecule has 2 nitrogen and oxygen atoms in total. The van der Waals surface area contributed by atoms with Crippen LogP contribution in [-0.4, -0.2) is 17.6 Å². The van der Waals surface area contributed by atoms with Gasteiger partial charge < -0.3 is 5.32 Å². The van der Waals surface area contributed by atoms with Crippen LogP contribution in [-0.2, 0) is 6.42 Å². The van der Waals surface area contributed by atoms with Crippen LogP contribution in [0.4, 0.5) is 0 Å². The Balaban J connectivity index is 1.69. The quantitative estimate of drug-likeness (QED) is 0.853. The molecule has 20 heavy (non-hydrogen) atoms. The van der Waals surface area contributed by atoms with Gasteiger partial charge in [-0.3, -0.25) is 0 Å². The third-order valence-corrected chi connectivity index (χ3v) is 6.53. The van der Waals surface area contributed by atoms with E-state index in [2.05, 4.69) is 26.1 Å². The zero-order valence-electron chi connectivity index (χ0n) is 13.1. The summed E-state index contributed by atoms with van der Waals surface area (Å²) in [4.78, 5) is 6.16. The molecule has 3 rings (SSSR count). The maximum atomic E-state index is 4.77. The Morgan fingerprint density at radius 1 is 1.30 bits per heavy atom. The second-order valence-electron chi connectivity index (χ2n) is 6.85. The van der Waals surface area contributed by atoms with E-state index in [-0.39, 0.29) is 0 Å². The van der Waals surface area contributed by atoms with Gasteiger partial charge in [0.1, 0.15) is 0 Å². The first-order valence-electron chi connectivity index (χ1n) is 8.33. The van der Waals surface area contributed by atoms with Gasteiger partial charge in [-0.05, 0) is 63.8 Å². The summed E-state index contributed by atoms with van der Waals surface area (Å²) in [7, 11) is 0. The van der Waals surface area contributed by atoms with Crippen molar-refractivity contribution in [3.63, 3.8) is 0 Å². The van der Waals surface area contributed by atoms with Gasteiger partial charge in [-0.2, -0.15) is 0 Å². The average molecular weight is 292 g/mol. The van der Waals surface area contributed by atoms with E-state index in [1.165, 1.54) is 47.7 Å². The summed E-state index contributed by atoms with van der Waals surface area (Å²) < 4.78 is 0. The zero-order chi connectivity index (χ0) is 14.1. The van der Waals surface area contributed by atoms with Crippen LogP contribution >= 0.6 is 11.3 Å². The lowest BCUT2D eigenvalue weighted by Crippen LogP contribution is -2.40. The fourth-order valence-corrected chi connectivity index (χ4v) is 5.30. The first-order chi connectivity index (χ1) is 9.67. The average Bonchev–Trinajstić information content (AvgIpc) is 3.11. The number of rotatable bonds is 6. The Bertz CT molecular complexity index is 434. The van der Waals surface area contributed by atoms with Crippen LogP contribution in [0, 0.1) is 31.6 Å². The number of hydrogen-bond acceptors (Lipinski definition) is 3. The van der Waals surface area contributed by atoms with E-state index in [4.69, 9.17) is 4.98 Å². The van der Waals surface area contributed by atoms with Crippen molar-refractivity contribution in [2.75, 3.05) is 6.54 Å². The van der Waals surface area contributed by atoms with Crippen molar-refractivity contribution in [2.24, 2.45) is 17.8 Å². The van der Waals surface area contributed by atoms with E-state index >= 15 is 0 Å². The predicted octanol–water partition coefficient (Wildman–Crippen LogP) is 4.11. The third-order valence-electron chi connectivity index (χ3n) is 5.43. The van der Waals surface area contributed by atoms with Crippen LogP contribution in [0.25, 0.3) is 0 Å². The fraction of sp³-hybridized carbons (Fsp3) is 0.824. The van der Waals surface area contributed by atoms with Crippen LogP contribution in [0.3, 0.4) is 0 Å². The summed E-state index contributed by atoms with van der Waals surface area (Å²) in [6.07, 6.45) is 8.33. The smallest absolute Gasteiger partial charge is 0.0946 e. The molecule has 0 amide bonds. The van der Waals surface area contributed by atoms with Crippen LogP contribution < -0.4 is 5.32 Å². The molecule has 0 spiro atoms. The molecule has 2 aliphatic rings. The minimum absolute atomic E-state index is 0.662. The fourth-order valence-electron chi connectivity index (χ4n) is 4.31. The molecule has 0 aromatic carbocycles. The molecule has 1 N–H and O–H groups in total. The number of aromatic nitrogens is 1. The van der Waals surface area contributed by atoms with Crippen molar-refractivity contribution in [3.8, 4) is 0 Å². The van der Waals surface area contributed by atoms with Crippen LogP contribution in [0.1, 0.15) is 54.6 Å². The van der Waals surface area contributed by atoms with Gasteiger partial charge in [-0.15, -0.1) is 11.3 Å². The number of fused-ring (bicyclic) bond motifs is 2.